The van der Waals surface area contributed by atoms with Gasteiger partial charge in [-0.05, 0) is 43.0 Å². The number of nitrogens with one attached hydrogen (secondary N) is 1. The molecule has 4 aliphatic heterocycles. The molecule has 1 amide bonds. The van der Waals surface area contributed by atoms with E-state index in [4.69, 9.17) is 14.6 Å². The van der Waals surface area contributed by atoms with E-state index in [-0.39, 0.29) is 25.2 Å². The summed E-state index contributed by atoms with van der Waals surface area (Å²) < 4.78 is 12.6. The van der Waals surface area contributed by atoms with E-state index >= 15 is 0 Å². The largest absolute Gasteiger partial charge is 0.454 e. The van der Waals surface area contributed by atoms with Crippen LogP contribution in [-0.4, -0.2) is 63.4 Å². The van der Waals surface area contributed by atoms with Crippen LogP contribution in [0.5, 0.6) is 11.5 Å². The highest BCUT2D eigenvalue weighted by molar-refractivity contribution is 5.79. The smallest absolute Gasteiger partial charge is 0.231 e. The molecule has 0 saturated carbocycles. The van der Waals surface area contributed by atoms with Gasteiger partial charge in [-0.1, -0.05) is 11.3 Å². The number of benzene rings is 1. The fraction of sp³-hybridized carbons (Fsp3) is 0.571. The normalized spacial score (nSPS) is 26.7. The second kappa shape index (κ2) is 8.23. The maximum absolute atomic E-state index is 12.9. The number of nitrogens with zero attached hydrogens (tertiary/aromatic N) is 4. The van der Waals surface area contributed by atoms with Crippen molar-refractivity contribution in [2.24, 2.45) is 11.8 Å². The van der Waals surface area contributed by atoms with E-state index in [0.29, 0.717) is 24.9 Å². The molecule has 1 aromatic carbocycles. The van der Waals surface area contributed by atoms with Crippen LogP contribution in [0.25, 0.3) is 0 Å². The number of aromatic nitrogens is 3. The summed E-state index contributed by atoms with van der Waals surface area (Å²) in [5, 5.41) is 20.4. The van der Waals surface area contributed by atoms with E-state index < -0.39 is 0 Å². The van der Waals surface area contributed by atoms with Crippen LogP contribution in [0.1, 0.15) is 24.1 Å². The number of carbonyl (C=O) groups is 1. The zero-order valence-corrected chi connectivity index (χ0v) is 16.9. The first-order chi connectivity index (χ1) is 14.7. The van der Waals surface area contributed by atoms with Crippen molar-refractivity contribution >= 4 is 5.91 Å². The predicted octanol–water partition coefficient (Wildman–Crippen LogP) is 0.568. The van der Waals surface area contributed by atoms with Gasteiger partial charge in [0.2, 0.25) is 12.7 Å². The Morgan fingerprint density at radius 1 is 1.30 bits per heavy atom. The number of hydrogen-bond donors (Lipinski definition) is 2. The second-order valence-electron chi connectivity index (χ2n) is 8.35. The molecule has 4 aliphatic rings. The zero-order chi connectivity index (χ0) is 20.5. The molecule has 5 heterocycles. The first-order valence-electron chi connectivity index (χ1n) is 10.6. The third-order valence-electron chi connectivity index (χ3n) is 6.47. The summed E-state index contributed by atoms with van der Waals surface area (Å²) in [7, 11) is 0. The van der Waals surface area contributed by atoms with Gasteiger partial charge < -0.3 is 19.9 Å². The first kappa shape index (κ1) is 19.3. The fourth-order valence-electron chi connectivity index (χ4n) is 4.87. The Bertz CT molecular complexity index is 917. The van der Waals surface area contributed by atoms with Gasteiger partial charge in [-0.3, -0.25) is 14.4 Å². The number of amides is 1. The van der Waals surface area contributed by atoms with Crippen molar-refractivity contribution in [1.82, 2.24) is 25.2 Å². The maximum atomic E-state index is 12.9. The maximum Gasteiger partial charge on any atom is 0.231 e. The molecule has 160 valence electrons. The summed E-state index contributed by atoms with van der Waals surface area (Å²) in [6.07, 6.45) is 4.50. The first-order valence-corrected chi connectivity index (χ1v) is 10.6. The highest BCUT2D eigenvalue weighted by Crippen LogP contribution is 2.37. The van der Waals surface area contributed by atoms with Gasteiger partial charge in [0.25, 0.3) is 0 Å². The van der Waals surface area contributed by atoms with Crippen LogP contribution >= 0.6 is 0 Å². The van der Waals surface area contributed by atoms with Crippen molar-refractivity contribution in [3.8, 4) is 11.5 Å². The summed E-state index contributed by atoms with van der Waals surface area (Å²) in [6, 6.07) is 6.16. The van der Waals surface area contributed by atoms with E-state index in [0.717, 1.165) is 55.2 Å². The molecule has 0 spiro atoms. The van der Waals surface area contributed by atoms with Gasteiger partial charge in [0.1, 0.15) is 0 Å². The molecule has 9 heteroatoms. The molecule has 30 heavy (non-hydrogen) atoms. The lowest BCUT2D eigenvalue weighted by atomic mass is 9.75. The van der Waals surface area contributed by atoms with E-state index in [2.05, 4.69) is 20.5 Å². The third kappa shape index (κ3) is 3.87. The number of fused-ring (bicyclic) bond motifs is 4. The van der Waals surface area contributed by atoms with Gasteiger partial charge in [-0.2, -0.15) is 0 Å². The number of aliphatic hydroxyl groups is 1. The summed E-state index contributed by atoms with van der Waals surface area (Å²) in [5.74, 6) is 2.06. The zero-order valence-electron chi connectivity index (χ0n) is 16.9. The number of piperidine rings is 3. The molecule has 3 saturated heterocycles. The summed E-state index contributed by atoms with van der Waals surface area (Å²) in [5.41, 5.74) is 1.82. The van der Waals surface area contributed by atoms with Crippen molar-refractivity contribution < 1.29 is 19.4 Å². The van der Waals surface area contributed by atoms with Gasteiger partial charge in [0.15, 0.2) is 11.5 Å². The van der Waals surface area contributed by atoms with Crippen molar-refractivity contribution in [2.45, 2.75) is 38.4 Å². The molecular formula is C21H27N5O4. The Hall–Kier alpha value is -2.65. The minimum Gasteiger partial charge on any atom is -0.454 e. The summed E-state index contributed by atoms with van der Waals surface area (Å²) >= 11 is 0. The average molecular weight is 413 g/mol. The molecule has 2 bridgehead atoms. The number of ether oxygens (including phenoxy) is 2. The molecule has 0 radical (unpaired) electrons. The van der Waals surface area contributed by atoms with Gasteiger partial charge >= 0.3 is 0 Å². The van der Waals surface area contributed by atoms with Crippen LogP contribution in [0.4, 0.5) is 0 Å². The van der Waals surface area contributed by atoms with Crippen molar-refractivity contribution in [1.29, 1.82) is 0 Å². The monoisotopic (exact) mass is 413 g/mol. The lowest BCUT2D eigenvalue weighted by Crippen LogP contribution is -2.58. The van der Waals surface area contributed by atoms with Gasteiger partial charge in [0, 0.05) is 38.4 Å². The Morgan fingerprint density at radius 3 is 3.03 bits per heavy atom. The van der Waals surface area contributed by atoms with Crippen LogP contribution in [0.2, 0.25) is 0 Å². The van der Waals surface area contributed by atoms with Crippen molar-refractivity contribution in [3.05, 3.63) is 35.7 Å². The van der Waals surface area contributed by atoms with Gasteiger partial charge in [0.05, 0.1) is 18.2 Å². The molecule has 6 rings (SSSR count). The van der Waals surface area contributed by atoms with Crippen LogP contribution in [0, 0.1) is 11.8 Å². The van der Waals surface area contributed by atoms with E-state index in [1.54, 1.807) is 0 Å². The fourth-order valence-corrected chi connectivity index (χ4v) is 4.87. The molecule has 3 fully saturated rings. The molecule has 2 aromatic rings. The standard InChI is InChI=1S/C21H27N5O4/c27-6-4-16-10-26(24-23-16)11-17-8-15-3-5-25(17)12-18(15)21(28)22-9-14-1-2-19-20(7-14)30-13-29-19/h1-2,7,10,15,17-18,27H,3-6,8-9,11-13H2,(H,22,28). The highest BCUT2D eigenvalue weighted by atomic mass is 16.7. The van der Waals surface area contributed by atoms with Crippen LogP contribution < -0.4 is 14.8 Å². The molecule has 2 N–H and O–H groups in total. The molecule has 9 nitrogen and oxygen atoms in total. The van der Waals surface area contributed by atoms with E-state index in [1.165, 1.54) is 0 Å². The minimum absolute atomic E-state index is 0.0321. The Morgan fingerprint density at radius 2 is 2.20 bits per heavy atom. The molecule has 4 unspecified atom stereocenters. The summed E-state index contributed by atoms with van der Waals surface area (Å²) in [6.45, 7) is 3.43. The van der Waals surface area contributed by atoms with Gasteiger partial charge in [-0.25, -0.2) is 0 Å². The van der Waals surface area contributed by atoms with Gasteiger partial charge in [-0.15, -0.1) is 5.10 Å². The Balaban J connectivity index is 1.16. The predicted molar refractivity (Wildman–Crippen MR) is 107 cm³/mol. The number of hydrogen-bond acceptors (Lipinski definition) is 7. The van der Waals surface area contributed by atoms with Crippen LogP contribution in [-0.2, 0) is 24.3 Å². The molecule has 1 aromatic heterocycles. The van der Waals surface area contributed by atoms with Crippen molar-refractivity contribution in [3.63, 3.8) is 0 Å². The average Bonchev–Trinajstić information content (AvgIpc) is 3.41. The van der Waals surface area contributed by atoms with E-state index in [1.807, 2.05) is 29.1 Å². The SMILES string of the molecule is O=C(NCc1ccc2c(c1)OCO2)C1CN2CCC1CC2Cn1cc(CCO)nn1. The second-order valence-corrected chi connectivity index (χ2v) is 8.35. The minimum atomic E-state index is 0.0321. The molecular weight excluding hydrogens is 386 g/mol. The van der Waals surface area contributed by atoms with Crippen LogP contribution in [0.15, 0.2) is 24.4 Å². The number of carbonyl (C=O) groups excluding carboxylic acids is 1. The molecule has 0 aliphatic carbocycles. The van der Waals surface area contributed by atoms with Crippen LogP contribution in [0.3, 0.4) is 0 Å². The summed E-state index contributed by atoms with van der Waals surface area (Å²) in [4.78, 5) is 15.3. The number of aliphatic hydroxyl groups excluding tert-OH is 1. The lowest BCUT2D eigenvalue weighted by molar-refractivity contribution is -0.133. The Labute approximate surface area is 175 Å². The quantitative estimate of drug-likeness (QED) is 0.684. The molecule has 4 atom stereocenters. The third-order valence-corrected chi connectivity index (χ3v) is 6.47. The van der Waals surface area contributed by atoms with Crippen molar-refractivity contribution in [2.75, 3.05) is 26.5 Å². The number of rotatable bonds is 7. The topological polar surface area (TPSA) is 102 Å². The van der Waals surface area contributed by atoms with E-state index in [9.17, 15) is 4.79 Å². The lowest BCUT2D eigenvalue weighted by Gasteiger charge is -2.49. The Kier molecular flexibility index (Phi) is 5.30. The highest BCUT2D eigenvalue weighted by Gasteiger charge is 2.43.